The van der Waals surface area contributed by atoms with Gasteiger partial charge in [-0.3, -0.25) is 9.67 Å². The quantitative estimate of drug-likeness (QED) is 0.307. The van der Waals surface area contributed by atoms with Crippen LogP contribution in [-0.4, -0.2) is 21.5 Å². The van der Waals surface area contributed by atoms with Crippen LogP contribution in [0, 0.1) is 11.3 Å². The number of ether oxygens (including phenoxy) is 1. The minimum atomic E-state index is 0.174. The molecule has 0 unspecified atom stereocenters. The summed E-state index contributed by atoms with van der Waals surface area (Å²) in [6, 6.07) is 15.0. The van der Waals surface area contributed by atoms with Crippen molar-refractivity contribution in [3.63, 3.8) is 0 Å². The average Bonchev–Trinajstić information content (AvgIpc) is 3.23. The van der Waals surface area contributed by atoms with Crippen LogP contribution in [0.1, 0.15) is 32.4 Å². The molecule has 0 aliphatic carbocycles. The predicted molar refractivity (Wildman–Crippen MR) is 123 cm³/mol. The zero-order valence-electron chi connectivity index (χ0n) is 17.8. The van der Waals surface area contributed by atoms with Crippen molar-refractivity contribution in [1.82, 2.24) is 14.8 Å². The Balaban J connectivity index is 1.87. The van der Waals surface area contributed by atoms with Crippen LogP contribution in [-0.2, 0) is 0 Å². The fraction of sp³-hybridized carbons (Fsp3) is 0.167. The third kappa shape index (κ3) is 5.46. The van der Waals surface area contributed by atoms with Gasteiger partial charge in [0.15, 0.2) is 11.4 Å². The van der Waals surface area contributed by atoms with Gasteiger partial charge in [0.2, 0.25) is 0 Å². The first-order valence-electron chi connectivity index (χ1n) is 9.84. The maximum Gasteiger partial charge on any atom is 0.174 e. The number of pyridine rings is 1. The van der Waals surface area contributed by atoms with E-state index in [4.69, 9.17) is 10.00 Å². The monoisotopic (exact) mass is 412 g/mol. The van der Waals surface area contributed by atoms with Crippen molar-refractivity contribution in [1.29, 1.82) is 5.26 Å². The highest BCUT2D eigenvalue weighted by molar-refractivity contribution is 5.62. The summed E-state index contributed by atoms with van der Waals surface area (Å²) in [5.41, 5.74) is 2.77. The molecule has 0 atom stereocenters. The summed E-state index contributed by atoms with van der Waals surface area (Å²) in [6.45, 7) is 9.62. The van der Waals surface area contributed by atoms with Crippen molar-refractivity contribution in [2.45, 2.75) is 26.8 Å². The molecule has 0 aliphatic heterocycles. The van der Waals surface area contributed by atoms with Gasteiger partial charge in [-0.25, -0.2) is 4.99 Å². The zero-order chi connectivity index (χ0) is 22.2. The minimum Gasteiger partial charge on any atom is -0.454 e. The minimum absolute atomic E-state index is 0.174. The average molecular weight is 412 g/mol. The van der Waals surface area contributed by atoms with Gasteiger partial charge < -0.3 is 10.1 Å². The molecule has 0 saturated carbocycles. The summed E-state index contributed by atoms with van der Waals surface area (Å²) >= 11 is 0. The Labute approximate surface area is 182 Å². The van der Waals surface area contributed by atoms with Gasteiger partial charge in [-0.15, -0.1) is 0 Å². The summed E-state index contributed by atoms with van der Waals surface area (Å²) in [6.07, 6.45) is 7.17. The Morgan fingerprint density at radius 1 is 1.26 bits per heavy atom. The highest BCUT2D eigenvalue weighted by Crippen LogP contribution is 2.30. The molecule has 0 fully saturated rings. The SMILES string of the molecule is C=N/C(=C\C(=C/C)Oc1cn(C(C)C)nc1-c1ccccn1)Nc1ccc(C#N)cc1. The topological polar surface area (TPSA) is 88.1 Å². The molecule has 0 amide bonds. The van der Waals surface area contributed by atoms with E-state index in [2.05, 4.69) is 47.0 Å². The third-order valence-electron chi connectivity index (χ3n) is 4.38. The molecular formula is C24H24N6O. The van der Waals surface area contributed by atoms with E-state index in [0.29, 0.717) is 28.6 Å². The number of aromatic nitrogens is 3. The molecular weight excluding hydrogens is 388 g/mol. The number of nitrogens with zero attached hydrogens (tertiary/aromatic N) is 5. The normalized spacial score (nSPS) is 11.8. The van der Waals surface area contributed by atoms with Crippen molar-refractivity contribution >= 4 is 12.4 Å². The fourth-order valence-electron chi connectivity index (χ4n) is 2.73. The van der Waals surface area contributed by atoms with E-state index in [1.165, 1.54) is 0 Å². The number of rotatable bonds is 8. The lowest BCUT2D eigenvalue weighted by molar-refractivity contribution is 0.440. The van der Waals surface area contributed by atoms with Gasteiger partial charge in [0, 0.05) is 24.0 Å². The van der Waals surface area contributed by atoms with E-state index < -0.39 is 0 Å². The summed E-state index contributed by atoms with van der Waals surface area (Å²) in [5.74, 6) is 1.68. The lowest BCUT2D eigenvalue weighted by Crippen LogP contribution is -2.01. The Kier molecular flexibility index (Phi) is 6.97. The molecule has 0 radical (unpaired) electrons. The van der Waals surface area contributed by atoms with Crippen molar-refractivity contribution < 1.29 is 4.74 Å². The molecule has 2 aromatic heterocycles. The Morgan fingerprint density at radius 2 is 2.03 bits per heavy atom. The maximum atomic E-state index is 8.94. The molecule has 2 heterocycles. The van der Waals surface area contributed by atoms with Crippen LogP contribution in [0.2, 0.25) is 0 Å². The highest BCUT2D eigenvalue weighted by atomic mass is 16.5. The van der Waals surface area contributed by atoms with Gasteiger partial charge in [0.1, 0.15) is 11.6 Å². The van der Waals surface area contributed by atoms with E-state index in [1.807, 2.05) is 42.1 Å². The van der Waals surface area contributed by atoms with Gasteiger partial charge >= 0.3 is 0 Å². The number of allylic oxidation sites excluding steroid dienone is 2. The molecule has 0 saturated heterocycles. The maximum absolute atomic E-state index is 8.94. The van der Waals surface area contributed by atoms with Gasteiger partial charge in [0.05, 0.1) is 23.5 Å². The molecule has 3 rings (SSSR count). The van der Waals surface area contributed by atoms with E-state index >= 15 is 0 Å². The molecule has 156 valence electrons. The van der Waals surface area contributed by atoms with Crippen molar-refractivity contribution in [2.24, 2.45) is 4.99 Å². The van der Waals surface area contributed by atoms with Crippen LogP contribution >= 0.6 is 0 Å². The number of hydrogen-bond donors (Lipinski definition) is 1. The smallest absolute Gasteiger partial charge is 0.174 e. The van der Waals surface area contributed by atoms with E-state index in [9.17, 15) is 0 Å². The highest BCUT2D eigenvalue weighted by Gasteiger charge is 2.16. The summed E-state index contributed by atoms with van der Waals surface area (Å²) in [7, 11) is 0. The molecule has 0 bridgehead atoms. The van der Waals surface area contributed by atoms with Crippen molar-refractivity contribution in [2.75, 3.05) is 5.32 Å². The Hall–Kier alpha value is -4.18. The second-order valence-electron chi connectivity index (χ2n) is 6.93. The number of nitrogens with one attached hydrogen (secondary N) is 1. The van der Waals surface area contributed by atoms with Crippen LogP contribution in [0.4, 0.5) is 5.69 Å². The predicted octanol–water partition coefficient (Wildman–Crippen LogP) is 5.33. The zero-order valence-corrected chi connectivity index (χ0v) is 17.8. The molecule has 7 heteroatoms. The first-order chi connectivity index (χ1) is 15.0. The third-order valence-corrected chi connectivity index (χ3v) is 4.38. The molecule has 0 spiro atoms. The van der Waals surface area contributed by atoms with Gasteiger partial charge in [-0.1, -0.05) is 6.07 Å². The van der Waals surface area contributed by atoms with E-state index in [-0.39, 0.29) is 6.04 Å². The molecule has 31 heavy (non-hydrogen) atoms. The first kappa shape index (κ1) is 21.5. The Morgan fingerprint density at radius 3 is 2.61 bits per heavy atom. The van der Waals surface area contributed by atoms with Crippen molar-refractivity contribution in [3.8, 4) is 23.2 Å². The second kappa shape index (κ2) is 10.0. The summed E-state index contributed by atoms with van der Waals surface area (Å²) in [4.78, 5) is 8.46. The van der Waals surface area contributed by atoms with E-state index in [1.54, 1.807) is 36.5 Å². The molecule has 0 aliphatic rings. The summed E-state index contributed by atoms with van der Waals surface area (Å²) in [5, 5.41) is 16.8. The lowest BCUT2D eigenvalue weighted by Gasteiger charge is -2.10. The van der Waals surface area contributed by atoms with E-state index in [0.717, 1.165) is 11.4 Å². The van der Waals surface area contributed by atoms with Gasteiger partial charge in [0.25, 0.3) is 0 Å². The van der Waals surface area contributed by atoms with Crippen LogP contribution in [0.15, 0.2) is 83.6 Å². The molecule has 1 aromatic carbocycles. The molecule has 3 aromatic rings. The molecule has 1 N–H and O–H groups in total. The number of nitriles is 1. The van der Waals surface area contributed by atoms with Crippen LogP contribution in [0.3, 0.4) is 0 Å². The largest absolute Gasteiger partial charge is 0.454 e. The van der Waals surface area contributed by atoms with Crippen LogP contribution < -0.4 is 10.1 Å². The second-order valence-corrected chi connectivity index (χ2v) is 6.93. The lowest BCUT2D eigenvalue weighted by atomic mass is 10.2. The summed E-state index contributed by atoms with van der Waals surface area (Å²) < 4.78 is 8.02. The number of anilines is 1. The Bertz CT molecular complexity index is 1140. The fourth-order valence-corrected chi connectivity index (χ4v) is 2.73. The van der Waals surface area contributed by atoms with Gasteiger partial charge in [-0.2, -0.15) is 10.4 Å². The first-order valence-corrected chi connectivity index (χ1v) is 9.84. The van der Waals surface area contributed by atoms with Crippen LogP contribution in [0.25, 0.3) is 11.4 Å². The molecule has 7 nitrogen and oxygen atoms in total. The van der Waals surface area contributed by atoms with Crippen LogP contribution in [0.5, 0.6) is 5.75 Å². The number of benzene rings is 1. The number of hydrogen-bond acceptors (Lipinski definition) is 6. The number of aliphatic imine (C=N–C) groups is 1. The standard InChI is InChI=1S/C24H24N6O/c1-5-20(14-23(26-4)28-19-11-9-18(15-25)10-12-19)31-22-16-30(17(2)3)29-24(22)21-8-6-7-13-27-21/h5-14,16-17,28H,4H2,1-3H3/b20-5+,23-14+. The van der Waals surface area contributed by atoms with Crippen molar-refractivity contribution in [3.05, 3.63) is 84.2 Å². The van der Waals surface area contributed by atoms with Gasteiger partial charge in [-0.05, 0) is 70.0 Å².